The largest absolute Gasteiger partial charge is 0.345 e. The first-order valence-electron chi connectivity index (χ1n) is 8.51. The van der Waals surface area contributed by atoms with Gasteiger partial charge < -0.3 is 4.90 Å². The van der Waals surface area contributed by atoms with Crippen molar-refractivity contribution in [3.05, 3.63) is 0 Å². The van der Waals surface area contributed by atoms with Gasteiger partial charge in [-0.1, -0.05) is 44.4 Å². The molecule has 2 fully saturated rings. The number of rotatable bonds is 2. The van der Waals surface area contributed by atoms with Gasteiger partial charge in [0.1, 0.15) is 0 Å². The van der Waals surface area contributed by atoms with Crippen LogP contribution in [-0.2, 0) is 0 Å². The van der Waals surface area contributed by atoms with Crippen LogP contribution in [0, 0.1) is 5.92 Å². The van der Waals surface area contributed by atoms with Crippen LogP contribution in [0.4, 0.5) is 0 Å². The Morgan fingerprint density at radius 3 is 2.45 bits per heavy atom. The molecule has 0 aromatic rings. The highest BCUT2D eigenvalue weighted by molar-refractivity contribution is 8.14. The highest BCUT2D eigenvalue weighted by atomic mass is 32.2. The van der Waals surface area contributed by atoms with Crippen molar-refractivity contribution in [2.45, 2.75) is 96.5 Å². The Hall–Kier alpha value is -0.180. The third kappa shape index (κ3) is 3.93. The van der Waals surface area contributed by atoms with Gasteiger partial charge in [-0.15, -0.1) is 0 Å². The fourth-order valence-electron chi connectivity index (χ4n) is 3.59. The second kappa shape index (κ2) is 7.20. The minimum atomic E-state index is 0.406. The molecule has 0 radical (unpaired) electrons. The van der Waals surface area contributed by atoms with E-state index in [1.807, 2.05) is 0 Å². The molecular weight excluding hydrogens is 264 g/mol. The van der Waals surface area contributed by atoms with E-state index in [1.165, 1.54) is 43.7 Å². The zero-order valence-corrected chi connectivity index (χ0v) is 14.7. The number of fused-ring (bicyclic) bond motifs is 1. The Kier molecular flexibility index (Phi) is 5.83. The van der Waals surface area contributed by atoms with Crippen LogP contribution >= 0.6 is 11.8 Å². The molecule has 2 rings (SSSR count). The number of thioether (sulfide) groups is 1. The summed E-state index contributed by atoms with van der Waals surface area (Å²) in [7, 11) is 0. The van der Waals surface area contributed by atoms with Crippen molar-refractivity contribution in [2.24, 2.45) is 10.9 Å². The SMILES string of the molecule is CC1CCCCCC2C(C1)S/C(=N\C(C)C)N2C(C)C. The smallest absolute Gasteiger partial charge is 0.160 e. The molecule has 1 saturated carbocycles. The zero-order valence-electron chi connectivity index (χ0n) is 13.9. The van der Waals surface area contributed by atoms with Crippen LogP contribution in [0.15, 0.2) is 4.99 Å². The minimum absolute atomic E-state index is 0.406. The maximum Gasteiger partial charge on any atom is 0.160 e. The van der Waals surface area contributed by atoms with Crippen LogP contribution < -0.4 is 0 Å². The van der Waals surface area contributed by atoms with Crippen LogP contribution in [0.5, 0.6) is 0 Å². The quantitative estimate of drug-likeness (QED) is 0.717. The molecule has 0 aromatic carbocycles. The van der Waals surface area contributed by atoms with Gasteiger partial charge in [0, 0.05) is 23.4 Å². The zero-order chi connectivity index (χ0) is 14.7. The molecule has 0 bridgehead atoms. The molecule has 1 heterocycles. The Balaban J connectivity index is 2.21. The van der Waals surface area contributed by atoms with Crippen molar-refractivity contribution in [2.75, 3.05) is 0 Å². The molecule has 1 saturated heterocycles. The highest BCUT2D eigenvalue weighted by Crippen LogP contribution is 2.41. The van der Waals surface area contributed by atoms with E-state index in [1.54, 1.807) is 0 Å². The third-order valence-corrected chi connectivity index (χ3v) is 5.86. The number of hydrogen-bond acceptors (Lipinski definition) is 2. The Labute approximate surface area is 129 Å². The fraction of sp³-hybridized carbons (Fsp3) is 0.941. The maximum absolute atomic E-state index is 4.92. The van der Waals surface area contributed by atoms with Crippen LogP contribution in [0.25, 0.3) is 0 Å². The van der Waals surface area contributed by atoms with E-state index >= 15 is 0 Å². The third-order valence-electron chi connectivity index (χ3n) is 4.52. The number of amidine groups is 1. The van der Waals surface area contributed by atoms with Gasteiger partial charge in [0.2, 0.25) is 0 Å². The maximum atomic E-state index is 4.92. The number of nitrogens with zero attached hydrogens (tertiary/aromatic N) is 2. The molecule has 116 valence electrons. The first-order chi connectivity index (χ1) is 9.49. The van der Waals surface area contributed by atoms with Gasteiger partial charge in [-0.05, 0) is 46.5 Å². The predicted octanol–water partition coefficient (Wildman–Crippen LogP) is 4.94. The van der Waals surface area contributed by atoms with Gasteiger partial charge in [-0.25, -0.2) is 0 Å². The van der Waals surface area contributed by atoms with Gasteiger partial charge in [0.15, 0.2) is 5.17 Å². The van der Waals surface area contributed by atoms with Crippen molar-refractivity contribution >= 4 is 16.9 Å². The van der Waals surface area contributed by atoms with Crippen molar-refractivity contribution in [1.82, 2.24) is 4.90 Å². The Morgan fingerprint density at radius 2 is 1.80 bits per heavy atom. The lowest BCUT2D eigenvalue weighted by atomic mass is 9.96. The van der Waals surface area contributed by atoms with Gasteiger partial charge in [0.05, 0.1) is 0 Å². The molecule has 0 amide bonds. The summed E-state index contributed by atoms with van der Waals surface area (Å²) in [5.41, 5.74) is 0. The fourth-order valence-corrected chi connectivity index (χ4v) is 5.44. The molecule has 2 nitrogen and oxygen atoms in total. The molecule has 3 heteroatoms. The summed E-state index contributed by atoms with van der Waals surface area (Å²) in [6.45, 7) is 11.5. The second-order valence-electron chi connectivity index (χ2n) is 7.21. The molecular formula is C17H32N2S. The molecule has 0 N–H and O–H groups in total. The van der Waals surface area contributed by atoms with E-state index in [0.29, 0.717) is 12.1 Å². The summed E-state index contributed by atoms with van der Waals surface area (Å²) >= 11 is 2.07. The number of aliphatic imine (C=N–C) groups is 1. The van der Waals surface area contributed by atoms with Crippen molar-refractivity contribution in [3.63, 3.8) is 0 Å². The van der Waals surface area contributed by atoms with Crippen LogP contribution in [-0.4, -0.2) is 33.4 Å². The molecule has 2 aliphatic rings. The van der Waals surface area contributed by atoms with Crippen LogP contribution in [0.1, 0.15) is 73.1 Å². The summed E-state index contributed by atoms with van der Waals surface area (Å²) in [5, 5.41) is 2.08. The molecule has 3 atom stereocenters. The summed E-state index contributed by atoms with van der Waals surface area (Å²) < 4.78 is 0. The van der Waals surface area contributed by atoms with Crippen molar-refractivity contribution in [1.29, 1.82) is 0 Å². The topological polar surface area (TPSA) is 15.6 Å². The van der Waals surface area contributed by atoms with E-state index in [2.05, 4.69) is 51.3 Å². The average Bonchev–Trinajstić information content (AvgIpc) is 2.67. The monoisotopic (exact) mass is 296 g/mol. The lowest BCUT2D eigenvalue weighted by Crippen LogP contribution is -2.42. The highest BCUT2D eigenvalue weighted by Gasteiger charge is 2.40. The van der Waals surface area contributed by atoms with Crippen molar-refractivity contribution < 1.29 is 0 Å². The molecule has 0 aromatic heterocycles. The average molecular weight is 297 g/mol. The molecule has 0 spiro atoms. The van der Waals surface area contributed by atoms with Gasteiger partial charge >= 0.3 is 0 Å². The first-order valence-corrected chi connectivity index (χ1v) is 9.39. The molecule has 1 aliphatic heterocycles. The Bertz CT molecular complexity index is 338. The Morgan fingerprint density at radius 1 is 1.10 bits per heavy atom. The van der Waals surface area contributed by atoms with Gasteiger partial charge in [-0.2, -0.15) is 0 Å². The van der Waals surface area contributed by atoms with E-state index in [-0.39, 0.29) is 0 Å². The van der Waals surface area contributed by atoms with Crippen molar-refractivity contribution in [3.8, 4) is 0 Å². The van der Waals surface area contributed by atoms with Crippen LogP contribution in [0.3, 0.4) is 0 Å². The molecule has 3 unspecified atom stereocenters. The van der Waals surface area contributed by atoms with Gasteiger partial charge in [0.25, 0.3) is 0 Å². The summed E-state index contributed by atoms with van der Waals surface area (Å²) in [6.07, 6.45) is 8.39. The first kappa shape index (κ1) is 16.2. The lowest BCUT2D eigenvalue weighted by molar-refractivity contribution is 0.245. The summed E-state index contributed by atoms with van der Waals surface area (Å²) in [6, 6.07) is 1.70. The summed E-state index contributed by atoms with van der Waals surface area (Å²) in [5.74, 6) is 0.875. The van der Waals surface area contributed by atoms with E-state index in [9.17, 15) is 0 Å². The second-order valence-corrected chi connectivity index (χ2v) is 8.42. The van der Waals surface area contributed by atoms with E-state index in [4.69, 9.17) is 4.99 Å². The van der Waals surface area contributed by atoms with Gasteiger partial charge in [-0.3, -0.25) is 4.99 Å². The standard InChI is InChI=1S/C17H32N2S/c1-12(2)18-17-19(13(3)4)15-10-8-6-7-9-14(5)11-16(15)20-17/h12-16H,6-11H2,1-5H3/b18-17-. The predicted molar refractivity (Wildman–Crippen MR) is 91.6 cm³/mol. The minimum Gasteiger partial charge on any atom is -0.345 e. The lowest BCUT2D eigenvalue weighted by Gasteiger charge is -2.32. The van der Waals surface area contributed by atoms with E-state index in [0.717, 1.165) is 17.2 Å². The number of hydrogen-bond donors (Lipinski definition) is 0. The summed E-state index contributed by atoms with van der Waals surface area (Å²) in [4.78, 5) is 7.55. The normalized spacial score (nSPS) is 34.2. The van der Waals surface area contributed by atoms with Crippen LogP contribution in [0.2, 0.25) is 0 Å². The van der Waals surface area contributed by atoms with E-state index < -0.39 is 0 Å². The molecule has 20 heavy (non-hydrogen) atoms. The molecule has 1 aliphatic carbocycles.